The van der Waals surface area contributed by atoms with E-state index in [0.717, 1.165) is 0 Å². The number of benzene rings is 2. The molecule has 21 heavy (non-hydrogen) atoms. The van der Waals surface area contributed by atoms with E-state index in [2.05, 4.69) is 65.6 Å². The average molecular weight is 370 g/mol. The standard InChI is InChI=1S/C15H11Se.ClHO4/c1-2-6-12(7-3-1)13-10-11-16-15-9-5-4-8-14(13)15;2-1(3,4)5/h1-11H;(H,2,3,4,5)/q+1;/p-1. The molecule has 6 heteroatoms. The molecule has 2 aromatic carbocycles. The monoisotopic (exact) mass is 370 g/mol. The van der Waals surface area contributed by atoms with Crippen LogP contribution in [0.2, 0.25) is 0 Å². The van der Waals surface area contributed by atoms with Crippen LogP contribution in [0.1, 0.15) is 0 Å². The first-order chi connectivity index (χ1) is 9.95. The van der Waals surface area contributed by atoms with Crippen LogP contribution in [0.15, 0.2) is 65.6 Å². The Hall–Kier alpha value is -1.30. The van der Waals surface area contributed by atoms with E-state index in [4.69, 9.17) is 18.6 Å². The third kappa shape index (κ3) is 5.19. The molecule has 1 aromatic heterocycles. The molecule has 0 amide bonds. The van der Waals surface area contributed by atoms with E-state index >= 15 is 0 Å². The predicted molar refractivity (Wildman–Crippen MR) is 70.7 cm³/mol. The first-order valence-corrected chi connectivity index (χ1v) is 9.00. The van der Waals surface area contributed by atoms with Crippen molar-refractivity contribution in [2.45, 2.75) is 0 Å². The quantitative estimate of drug-likeness (QED) is 0.519. The summed E-state index contributed by atoms with van der Waals surface area (Å²) in [5.74, 6) is 0. The average Bonchev–Trinajstić information content (AvgIpc) is 2.46. The molecular formula is C15H11ClO4Se. The fraction of sp³-hybridized carbons (Fsp3) is 0. The van der Waals surface area contributed by atoms with Crippen molar-refractivity contribution >= 4 is 24.1 Å². The van der Waals surface area contributed by atoms with Crippen LogP contribution >= 0.6 is 0 Å². The van der Waals surface area contributed by atoms with Crippen LogP contribution in [0.3, 0.4) is 0 Å². The number of hydrogen-bond donors (Lipinski definition) is 0. The van der Waals surface area contributed by atoms with E-state index in [9.17, 15) is 0 Å². The summed E-state index contributed by atoms with van der Waals surface area (Å²) in [7, 11) is -4.94. The molecule has 0 N–H and O–H groups in total. The van der Waals surface area contributed by atoms with Gasteiger partial charge in [0.05, 0.1) is 0 Å². The zero-order valence-electron chi connectivity index (χ0n) is 10.8. The predicted octanol–water partition coefficient (Wildman–Crippen LogP) is -0.911. The second kappa shape index (κ2) is 7.11. The van der Waals surface area contributed by atoms with Crippen molar-refractivity contribution in [3.8, 4) is 11.1 Å². The summed E-state index contributed by atoms with van der Waals surface area (Å²) in [6, 6.07) is 21.6. The molecule has 0 saturated carbocycles. The van der Waals surface area contributed by atoms with E-state index in [1.54, 1.807) is 0 Å². The van der Waals surface area contributed by atoms with E-state index in [-0.39, 0.29) is 0 Å². The summed E-state index contributed by atoms with van der Waals surface area (Å²) in [6.07, 6.45) is 0. The summed E-state index contributed by atoms with van der Waals surface area (Å²) in [5, 5.41) is 1.40. The van der Waals surface area contributed by atoms with Crippen molar-refractivity contribution < 1.29 is 28.9 Å². The van der Waals surface area contributed by atoms with Crippen molar-refractivity contribution in [2.24, 2.45) is 0 Å². The first kappa shape index (κ1) is 16.1. The number of halogens is 1. The fourth-order valence-electron chi connectivity index (χ4n) is 1.93. The zero-order chi connectivity index (χ0) is 15.3. The van der Waals surface area contributed by atoms with Crippen molar-refractivity contribution in [1.29, 1.82) is 0 Å². The van der Waals surface area contributed by atoms with Gasteiger partial charge in [0.1, 0.15) is 0 Å². The fourth-order valence-corrected chi connectivity index (χ4v) is 3.63. The molecule has 0 bridgehead atoms. The van der Waals surface area contributed by atoms with Crippen molar-refractivity contribution in [3.05, 3.63) is 65.6 Å². The molecule has 0 spiro atoms. The van der Waals surface area contributed by atoms with Crippen LogP contribution in [-0.4, -0.2) is 14.5 Å². The van der Waals surface area contributed by atoms with Gasteiger partial charge < -0.3 is 0 Å². The third-order valence-electron chi connectivity index (χ3n) is 2.69. The van der Waals surface area contributed by atoms with Gasteiger partial charge in [0, 0.05) is 0 Å². The van der Waals surface area contributed by atoms with Crippen molar-refractivity contribution in [2.75, 3.05) is 0 Å². The summed E-state index contributed by atoms with van der Waals surface area (Å²) < 4.78 is 35.5. The molecule has 0 fully saturated rings. The molecule has 108 valence electrons. The van der Waals surface area contributed by atoms with Crippen molar-refractivity contribution in [3.63, 3.8) is 0 Å². The molecule has 0 aliphatic carbocycles. The normalized spacial score (nSPS) is 10.9. The van der Waals surface area contributed by atoms with Gasteiger partial charge in [-0.25, -0.2) is 18.6 Å². The van der Waals surface area contributed by atoms with Gasteiger partial charge in [-0.15, -0.1) is 10.2 Å². The Kier molecular flexibility index (Phi) is 5.44. The van der Waals surface area contributed by atoms with E-state index in [1.807, 2.05) is 0 Å². The van der Waals surface area contributed by atoms with Crippen LogP contribution in [0, 0.1) is 10.2 Å². The van der Waals surface area contributed by atoms with Crippen LogP contribution in [-0.2, 0) is 0 Å². The van der Waals surface area contributed by atoms with Gasteiger partial charge in [-0.2, -0.15) is 0 Å². The van der Waals surface area contributed by atoms with E-state index in [0.29, 0.717) is 14.5 Å². The number of hydrogen-bond acceptors (Lipinski definition) is 4. The molecular weight excluding hydrogens is 359 g/mol. The third-order valence-corrected chi connectivity index (χ3v) is 4.54. The van der Waals surface area contributed by atoms with Crippen LogP contribution < -0.4 is 18.6 Å². The zero-order valence-corrected chi connectivity index (χ0v) is 13.2. The van der Waals surface area contributed by atoms with Gasteiger partial charge in [0.2, 0.25) is 0 Å². The molecule has 3 aromatic rings. The Morgan fingerprint density at radius 2 is 1.29 bits per heavy atom. The Morgan fingerprint density at radius 3 is 1.95 bits per heavy atom. The molecule has 4 nitrogen and oxygen atoms in total. The van der Waals surface area contributed by atoms with Gasteiger partial charge in [-0.1, -0.05) is 0 Å². The Balaban J connectivity index is 0.000000282. The second-order valence-electron chi connectivity index (χ2n) is 4.07. The minimum absolute atomic E-state index is 0.495. The van der Waals surface area contributed by atoms with Gasteiger partial charge in [0.25, 0.3) is 0 Å². The molecule has 0 aliphatic heterocycles. The molecule has 1 heterocycles. The molecule has 0 aliphatic rings. The molecule has 3 rings (SSSR count). The molecule has 0 unspecified atom stereocenters. The van der Waals surface area contributed by atoms with Gasteiger partial charge in [0.15, 0.2) is 0 Å². The molecule has 0 atom stereocenters. The SMILES string of the molecule is [O-][Cl+3]([O-])([O-])[O-].c1ccc(-c2cc[se+]c3ccccc23)cc1. The summed E-state index contributed by atoms with van der Waals surface area (Å²) >= 11 is 0.495. The molecule has 0 saturated heterocycles. The summed E-state index contributed by atoms with van der Waals surface area (Å²) in [4.78, 5) is 2.30. The summed E-state index contributed by atoms with van der Waals surface area (Å²) in [6.45, 7) is 0. The topological polar surface area (TPSA) is 92.2 Å². The van der Waals surface area contributed by atoms with E-state index in [1.165, 1.54) is 20.8 Å². The van der Waals surface area contributed by atoms with E-state index < -0.39 is 10.2 Å². The number of rotatable bonds is 1. The Morgan fingerprint density at radius 1 is 0.714 bits per heavy atom. The minimum atomic E-state index is -4.94. The second-order valence-corrected chi connectivity index (χ2v) is 6.82. The van der Waals surface area contributed by atoms with Crippen LogP contribution in [0.5, 0.6) is 0 Å². The van der Waals surface area contributed by atoms with Gasteiger partial charge in [-0.3, -0.25) is 0 Å². The summed E-state index contributed by atoms with van der Waals surface area (Å²) in [5.41, 5.74) is 2.66. The Labute approximate surface area is 130 Å². The van der Waals surface area contributed by atoms with Crippen LogP contribution in [0.4, 0.5) is 0 Å². The van der Waals surface area contributed by atoms with Crippen molar-refractivity contribution in [1.82, 2.24) is 0 Å². The van der Waals surface area contributed by atoms with Crippen LogP contribution in [0.25, 0.3) is 20.8 Å². The number of fused-ring (bicyclic) bond motifs is 1. The molecule has 0 radical (unpaired) electrons. The maximum absolute atomic E-state index is 8.49. The Bertz CT molecular complexity index is 702. The van der Waals surface area contributed by atoms with Gasteiger partial charge >= 0.3 is 101 Å². The van der Waals surface area contributed by atoms with Gasteiger partial charge in [-0.05, 0) is 0 Å². The maximum atomic E-state index is 8.49. The first-order valence-electron chi connectivity index (χ1n) is 5.92.